The van der Waals surface area contributed by atoms with E-state index in [9.17, 15) is 4.79 Å². The molecular weight excluding hydrogens is 455 g/mol. The second-order valence-electron chi connectivity index (χ2n) is 5.24. The van der Waals surface area contributed by atoms with Crippen LogP contribution in [0.5, 0.6) is 0 Å². The van der Waals surface area contributed by atoms with Gasteiger partial charge in [0.25, 0.3) is 0 Å². The number of carbonyl (C=O) groups is 1. The van der Waals surface area contributed by atoms with Gasteiger partial charge in [-0.3, -0.25) is 9.79 Å². The highest BCUT2D eigenvalue weighted by molar-refractivity contribution is 14.0. The highest BCUT2D eigenvalue weighted by Gasteiger charge is 2.09. The van der Waals surface area contributed by atoms with E-state index in [4.69, 9.17) is 16.0 Å². The Morgan fingerprint density at radius 1 is 1.28 bits per heavy atom. The van der Waals surface area contributed by atoms with Crippen LogP contribution in [0.1, 0.15) is 11.3 Å². The SMILES string of the molecule is CN=C(NCC(=O)NCc1ccco1)N(C)Cc1cccc(Cl)c1.I. The van der Waals surface area contributed by atoms with Crippen molar-refractivity contribution < 1.29 is 9.21 Å². The number of carbonyl (C=O) groups excluding carboxylic acids is 1. The molecule has 0 unspecified atom stereocenters. The third-order valence-electron chi connectivity index (χ3n) is 3.33. The summed E-state index contributed by atoms with van der Waals surface area (Å²) in [5.41, 5.74) is 1.07. The number of nitrogens with one attached hydrogen (secondary N) is 2. The predicted octanol–water partition coefficient (Wildman–Crippen LogP) is 2.87. The van der Waals surface area contributed by atoms with Gasteiger partial charge in [-0.15, -0.1) is 24.0 Å². The molecule has 8 heteroatoms. The molecule has 2 N–H and O–H groups in total. The van der Waals surface area contributed by atoms with Crippen LogP contribution < -0.4 is 10.6 Å². The molecule has 0 fully saturated rings. The highest BCUT2D eigenvalue weighted by Crippen LogP contribution is 2.12. The van der Waals surface area contributed by atoms with E-state index in [1.54, 1.807) is 19.4 Å². The Hall–Kier alpha value is -1.74. The Morgan fingerprint density at radius 3 is 2.72 bits per heavy atom. The van der Waals surface area contributed by atoms with Crippen LogP contribution in [-0.2, 0) is 17.9 Å². The summed E-state index contributed by atoms with van der Waals surface area (Å²) in [6, 6.07) is 11.2. The molecule has 1 amide bonds. The fourth-order valence-electron chi connectivity index (χ4n) is 2.19. The smallest absolute Gasteiger partial charge is 0.239 e. The third kappa shape index (κ3) is 7.35. The van der Waals surface area contributed by atoms with Gasteiger partial charge in [-0.1, -0.05) is 23.7 Å². The van der Waals surface area contributed by atoms with Crippen LogP contribution in [0.15, 0.2) is 52.1 Å². The van der Waals surface area contributed by atoms with E-state index in [-0.39, 0.29) is 36.4 Å². The van der Waals surface area contributed by atoms with Gasteiger partial charge in [-0.2, -0.15) is 0 Å². The normalized spacial score (nSPS) is 10.8. The first-order valence-electron chi connectivity index (χ1n) is 7.54. The zero-order valence-corrected chi connectivity index (χ0v) is 17.2. The van der Waals surface area contributed by atoms with Gasteiger partial charge in [0.2, 0.25) is 5.91 Å². The molecule has 6 nitrogen and oxygen atoms in total. The standard InChI is InChI=1S/C17H21ClN4O2.HI/c1-19-17(22(2)12-13-5-3-6-14(18)9-13)21-11-16(23)20-10-15-7-4-8-24-15;/h3-9H,10-12H2,1-2H3,(H,19,21)(H,20,23);1H. The van der Waals surface area contributed by atoms with E-state index in [0.717, 1.165) is 5.56 Å². The minimum atomic E-state index is -0.135. The van der Waals surface area contributed by atoms with Crippen molar-refractivity contribution >= 4 is 47.4 Å². The van der Waals surface area contributed by atoms with Crippen molar-refractivity contribution in [3.05, 3.63) is 59.0 Å². The van der Waals surface area contributed by atoms with Crippen molar-refractivity contribution in [3.63, 3.8) is 0 Å². The third-order valence-corrected chi connectivity index (χ3v) is 3.56. The van der Waals surface area contributed by atoms with Gasteiger partial charge in [-0.25, -0.2) is 0 Å². The number of hydrogen-bond donors (Lipinski definition) is 2. The van der Waals surface area contributed by atoms with Crippen LogP contribution in [0.2, 0.25) is 5.02 Å². The number of rotatable bonds is 6. The topological polar surface area (TPSA) is 69.9 Å². The van der Waals surface area contributed by atoms with Gasteiger partial charge in [-0.05, 0) is 29.8 Å². The summed E-state index contributed by atoms with van der Waals surface area (Å²) in [5, 5.41) is 6.50. The number of furan rings is 1. The molecule has 0 spiro atoms. The summed E-state index contributed by atoms with van der Waals surface area (Å²) in [7, 11) is 3.58. The van der Waals surface area contributed by atoms with Crippen molar-refractivity contribution in [1.29, 1.82) is 0 Å². The lowest BCUT2D eigenvalue weighted by atomic mass is 10.2. The number of nitrogens with zero attached hydrogens (tertiary/aromatic N) is 2. The van der Waals surface area contributed by atoms with Crippen molar-refractivity contribution in [1.82, 2.24) is 15.5 Å². The molecule has 0 saturated heterocycles. The number of aliphatic imine (C=N–C) groups is 1. The van der Waals surface area contributed by atoms with E-state index >= 15 is 0 Å². The summed E-state index contributed by atoms with van der Waals surface area (Å²) in [6.07, 6.45) is 1.58. The van der Waals surface area contributed by atoms with Crippen LogP contribution in [0.25, 0.3) is 0 Å². The summed E-state index contributed by atoms with van der Waals surface area (Å²) < 4.78 is 5.17. The lowest BCUT2D eigenvalue weighted by Gasteiger charge is -2.22. The molecule has 25 heavy (non-hydrogen) atoms. The molecule has 0 radical (unpaired) electrons. The Labute approximate surface area is 169 Å². The Morgan fingerprint density at radius 2 is 2.08 bits per heavy atom. The van der Waals surface area contributed by atoms with Gasteiger partial charge >= 0.3 is 0 Å². The quantitative estimate of drug-likeness (QED) is 0.382. The fraction of sp³-hybridized carbons (Fsp3) is 0.294. The van der Waals surface area contributed by atoms with Gasteiger partial charge in [0, 0.05) is 25.7 Å². The molecule has 136 valence electrons. The van der Waals surface area contributed by atoms with E-state index in [1.807, 2.05) is 42.3 Å². The van der Waals surface area contributed by atoms with Crippen LogP contribution in [0.4, 0.5) is 0 Å². The van der Waals surface area contributed by atoms with Crippen molar-refractivity contribution in [2.24, 2.45) is 4.99 Å². The van der Waals surface area contributed by atoms with E-state index < -0.39 is 0 Å². The summed E-state index contributed by atoms with van der Waals surface area (Å²) in [6.45, 7) is 1.13. The number of benzene rings is 1. The van der Waals surface area contributed by atoms with Crippen molar-refractivity contribution in [2.75, 3.05) is 20.6 Å². The summed E-state index contributed by atoms with van der Waals surface area (Å²) in [4.78, 5) is 18.0. The second kappa shape index (κ2) is 11.0. The van der Waals surface area contributed by atoms with E-state index in [0.29, 0.717) is 29.8 Å². The molecule has 0 aliphatic carbocycles. The molecule has 0 aliphatic rings. The fourth-order valence-corrected chi connectivity index (χ4v) is 2.40. The molecule has 0 bridgehead atoms. The maximum atomic E-state index is 11.9. The van der Waals surface area contributed by atoms with Crippen LogP contribution in [-0.4, -0.2) is 37.4 Å². The lowest BCUT2D eigenvalue weighted by Crippen LogP contribution is -2.43. The molecule has 1 aromatic carbocycles. The Balaban J connectivity index is 0.00000312. The first kappa shape index (κ1) is 21.3. The first-order valence-corrected chi connectivity index (χ1v) is 7.91. The average molecular weight is 477 g/mol. The van der Waals surface area contributed by atoms with Gasteiger partial charge in [0.15, 0.2) is 5.96 Å². The van der Waals surface area contributed by atoms with Crippen LogP contribution in [0.3, 0.4) is 0 Å². The van der Waals surface area contributed by atoms with Crippen LogP contribution in [0, 0.1) is 0 Å². The first-order chi connectivity index (χ1) is 11.6. The predicted molar refractivity (Wildman–Crippen MR) is 110 cm³/mol. The number of hydrogen-bond acceptors (Lipinski definition) is 3. The number of amides is 1. The molecule has 1 heterocycles. The molecule has 2 aromatic rings. The number of halogens is 2. The van der Waals surface area contributed by atoms with E-state index in [2.05, 4.69) is 15.6 Å². The van der Waals surface area contributed by atoms with Gasteiger partial charge < -0.3 is 20.0 Å². The van der Waals surface area contributed by atoms with Gasteiger partial charge in [0.1, 0.15) is 5.76 Å². The van der Waals surface area contributed by atoms with E-state index in [1.165, 1.54) is 0 Å². The average Bonchev–Trinajstić information content (AvgIpc) is 3.07. The molecular formula is C17H22ClIN4O2. The summed E-state index contributed by atoms with van der Waals surface area (Å²) in [5.74, 6) is 1.21. The van der Waals surface area contributed by atoms with Crippen LogP contribution >= 0.6 is 35.6 Å². The number of guanidine groups is 1. The second-order valence-corrected chi connectivity index (χ2v) is 5.68. The minimum Gasteiger partial charge on any atom is -0.467 e. The Bertz CT molecular complexity index is 692. The minimum absolute atomic E-state index is 0. The largest absolute Gasteiger partial charge is 0.467 e. The molecule has 2 rings (SSSR count). The monoisotopic (exact) mass is 476 g/mol. The maximum Gasteiger partial charge on any atom is 0.239 e. The maximum absolute atomic E-state index is 11.9. The zero-order valence-electron chi connectivity index (χ0n) is 14.2. The lowest BCUT2D eigenvalue weighted by molar-refractivity contribution is -0.120. The molecule has 0 aliphatic heterocycles. The highest BCUT2D eigenvalue weighted by atomic mass is 127. The molecule has 1 aromatic heterocycles. The van der Waals surface area contributed by atoms with Gasteiger partial charge in [0.05, 0.1) is 19.4 Å². The zero-order chi connectivity index (χ0) is 17.4. The van der Waals surface area contributed by atoms with Crippen molar-refractivity contribution in [3.8, 4) is 0 Å². The molecule has 0 atom stereocenters. The molecule has 0 saturated carbocycles. The summed E-state index contributed by atoms with van der Waals surface area (Å²) >= 11 is 6.00. The van der Waals surface area contributed by atoms with Crippen molar-refractivity contribution in [2.45, 2.75) is 13.1 Å². The Kier molecular flexibility index (Phi) is 9.36.